The molecule has 0 nitrogen and oxygen atoms in total. The van der Waals surface area contributed by atoms with Crippen LogP contribution in [-0.4, -0.2) is 20.0 Å². The molecule has 0 heterocycles. The van der Waals surface area contributed by atoms with Crippen LogP contribution in [0.4, 0.5) is 13.2 Å². The molecule has 0 aliphatic carbocycles. The van der Waals surface area contributed by atoms with Crippen LogP contribution in [0.3, 0.4) is 0 Å². The van der Waals surface area contributed by atoms with E-state index in [0.29, 0.717) is 0 Å². The molecule has 0 aromatic carbocycles. The molecule has 0 saturated carbocycles. The molecule has 0 aromatic rings. The lowest BCUT2D eigenvalue weighted by Gasteiger charge is -1.76. The summed E-state index contributed by atoms with van der Waals surface area (Å²) < 4.78 is 31.6. The van der Waals surface area contributed by atoms with Gasteiger partial charge in [-0.3, -0.25) is 13.2 Å². The van der Waals surface area contributed by atoms with E-state index >= 15 is 0 Å². The van der Waals surface area contributed by atoms with E-state index in [1.807, 2.05) is 6.92 Å². The van der Waals surface area contributed by atoms with Gasteiger partial charge in [-0.05, 0) is 20.3 Å². The van der Waals surface area contributed by atoms with Crippen LogP contribution in [0.25, 0.3) is 0 Å². The van der Waals surface area contributed by atoms with Gasteiger partial charge in [0.2, 0.25) is 0 Å². The minimum Gasteiger partial charge on any atom is -0.251 e. The molecule has 0 aromatic heterocycles. The molecular formula is C10H27F3. The third-order valence-corrected chi connectivity index (χ3v) is 0.487. The van der Waals surface area contributed by atoms with Crippen molar-refractivity contribution in [2.75, 3.05) is 20.0 Å². The lowest BCUT2D eigenvalue weighted by molar-refractivity contribution is 0.469. The predicted molar refractivity (Wildman–Crippen MR) is 57.6 cm³/mol. The molecule has 0 bridgehead atoms. The zero-order valence-electron chi connectivity index (χ0n) is 7.67. The van der Waals surface area contributed by atoms with E-state index in [-0.39, 0.29) is 34.9 Å². The Hall–Kier alpha value is -0.210. The lowest BCUT2D eigenvalue weighted by atomic mass is 10.4. The zero-order valence-corrected chi connectivity index (χ0v) is 7.67. The number of unbranched alkanes of at least 4 members (excludes halogenated alkanes) is 1. The van der Waals surface area contributed by atoms with Crippen molar-refractivity contribution in [3.05, 3.63) is 0 Å². The first-order valence-corrected chi connectivity index (χ1v) is 3.92. The molecule has 0 N–H and O–H groups in total. The number of hydrogen-bond donors (Lipinski definition) is 0. The number of rotatable bonds is 2. The molecule has 0 fully saturated rings. The van der Waals surface area contributed by atoms with Crippen LogP contribution in [0, 0.1) is 0 Å². The fraction of sp³-hybridized carbons (Fsp3) is 1.00. The van der Waals surface area contributed by atoms with Crippen molar-refractivity contribution in [2.45, 2.75) is 48.5 Å². The highest BCUT2D eigenvalue weighted by molar-refractivity contribution is 4.23. The van der Waals surface area contributed by atoms with Gasteiger partial charge in [0, 0.05) is 0 Å². The fourth-order valence-corrected chi connectivity index (χ4v) is 0.134. The van der Waals surface area contributed by atoms with Crippen molar-refractivity contribution in [3.8, 4) is 0 Å². The second kappa shape index (κ2) is 59.8. The van der Waals surface area contributed by atoms with Crippen LogP contribution >= 0.6 is 0 Å². The van der Waals surface area contributed by atoms with Crippen molar-refractivity contribution < 1.29 is 13.2 Å². The van der Waals surface area contributed by atoms with E-state index in [9.17, 15) is 13.2 Å². The van der Waals surface area contributed by atoms with Gasteiger partial charge in [0.1, 0.15) is 0 Å². The van der Waals surface area contributed by atoms with Gasteiger partial charge in [-0.1, -0.05) is 28.2 Å². The standard InChI is InChI=1S/C4H9F.2C2H5F.2CH4/c1-2-3-4-5;2*1-2-3;;/h2-4H2,1H3;2*2H2,1H3;2*1H4. The Morgan fingerprint density at radius 1 is 0.769 bits per heavy atom. The molecule has 0 radical (unpaired) electrons. The van der Waals surface area contributed by atoms with Crippen molar-refractivity contribution >= 4 is 0 Å². The Morgan fingerprint density at radius 3 is 1.00 bits per heavy atom. The summed E-state index contributed by atoms with van der Waals surface area (Å²) in [4.78, 5) is 0. The van der Waals surface area contributed by atoms with Crippen LogP contribution < -0.4 is 0 Å². The Labute approximate surface area is 82.5 Å². The molecule has 0 saturated heterocycles. The Bertz CT molecular complexity index is 29.4. The van der Waals surface area contributed by atoms with Crippen molar-refractivity contribution in [3.63, 3.8) is 0 Å². The van der Waals surface area contributed by atoms with Gasteiger partial charge in [-0.25, -0.2) is 0 Å². The minimum atomic E-state index is -0.250. The molecule has 0 aliphatic heterocycles. The summed E-state index contributed by atoms with van der Waals surface area (Å²) in [6.45, 7) is 4.23. The first-order chi connectivity index (χ1) is 5.24. The molecule has 0 aliphatic rings. The SMILES string of the molecule is C.C.CCCCF.CCF.CCF. The monoisotopic (exact) mass is 204 g/mol. The van der Waals surface area contributed by atoms with Crippen molar-refractivity contribution in [1.82, 2.24) is 0 Å². The average Bonchev–Trinajstić information content (AvgIpc) is 1.92. The minimum absolute atomic E-state index is 0. The summed E-state index contributed by atoms with van der Waals surface area (Å²) >= 11 is 0. The van der Waals surface area contributed by atoms with Crippen molar-refractivity contribution in [1.29, 1.82) is 0 Å². The molecule has 13 heavy (non-hydrogen) atoms. The normalized spacial score (nSPS) is 6.00. The molecule has 0 unspecified atom stereocenters. The molecule has 88 valence electrons. The molecule has 0 amide bonds. The topological polar surface area (TPSA) is 0 Å². The van der Waals surface area contributed by atoms with Crippen LogP contribution in [0.15, 0.2) is 0 Å². The highest BCUT2D eigenvalue weighted by Crippen LogP contribution is 1.83. The maximum Gasteiger partial charge on any atom is 0.0894 e. The second-order valence-corrected chi connectivity index (χ2v) is 1.58. The van der Waals surface area contributed by atoms with E-state index in [4.69, 9.17) is 0 Å². The second-order valence-electron chi connectivity index (χ2n) is 1.58. The third kappa shape index (κ3) is 353. The average molecular weight is 204 g/mol. The van der Waals surface area contributed by atoms with Gasteiger partial charge >= 0.3 is 0 Å². The van der Waals surface area contributed by atoms with Crippen LogP contribution in [-0.2, 0) is 0 Å². The van der Waals surface area contributed by atoms with E-state index in [1.54, 1.807) is 0 Å². The maximum atomic E-state index is 11.0. The summed E-state index contributed by atoms with van der Waals surface area (Å²) in [5, 5.41) is 0. The smallest absolute Gasteiger partial charge is 0.0894 e. The summed E-state index contributed by atoms with van der Waals surface area (Å²) in [5.74, 6) is 0. The lowest BCUT2D eigenvalue weighted by Crippen LogP contribution is -1.67. The van der Waals surface area contributed by atoms with Gasteiger partial charge in [0.15, 0.2) is 0 Å². The van der Waals surface area contributed by atoms with Gasteiger partial charge in [-0.2, -0.15) is 0 Å². The molecule has 3 heteroatoms. The van der Waals surface area contributed by atoms with E-state index in [1.165, 1.54) is 13.8 Å². The Balaban J connectivity index is -0.0000000240. The maximum absolute atomic E-state index is 11.0. The molecule has 0 atom stereocenters. The number of hydrogen-bond acceptors (Lipinski definition) is 0. The van der Waals surface area contributed by atoms with Crippen molar-refractivity contribution in [2.24, 2.45) is 0 Å². The van der Waals surface area contributed by atoms with Gasteiger partial charge in [0.25, 0.3) is 0 Å². The van der Waals surface area contributed by atoms with E-state index < -0.39 is 0 Å². The highest BCUT2D eigenvalue weighted by atomic mass is 19.1. The summed E-state index contributed by atoms with van der Waals surface area (Å²) in [6.07, 6.45) is 1.69. The third-order valence-electron chi connectivity index (χ3n) is 0.487. The summed E-state index contributed by atoms with van der Waals surface area (Å²) in [6, 6.07) is 0. The Kier molecular flexibility index (Phi) is 135. The van der Waals surface area contributed by atoms with E-state index in [2.05, 4.69) is 0 Å². The summed E-state index contributed by atoms with van der Waals surface area (Å²) in [7, 11) is 0. The molecular weight excluding hydrogens is 177 g/mol. The first-order valence-electron chi connectivity index (χ1n) is 3.92. The number of alkyl halides is 3. The van der Waals surface area contributed by atoms with Gasteiger partial charge < -0.3 is 0 Å². The largest absolute Gasteiger partial charge is 0.251 e. The molecule has 0 rings (SSSR count). The molecule has 0 spiro atoms. The quantitative estimate of drug-likeness (QED) is 0.595. The summed E-state index contributed by atoms with van der Waals surface area (Å²) in [5.41, 5.74) is 0. The van der Waals surface area contributed by atoms with Gasteiger partial charge in [-0.15, -0.1) is 0 Å². The first kappa shape index (κ1) is 29.3. The number of halogens is 3. The van der Waals surface area contributed by atoms with Gasteiger partial charge in [0.05, 0.1) is 20.0 Å². The predicted octanol–water partition coefficient (Wildman–Crippen LogP) is 4.98. The zero-order chi connectivity index (χ0) is 9.54. The Morgan fingerprint density at radius 2 is 1.00 bits per heavy atom. The van der Waals surface area contributed by atoms with Crippen LogP contribution in [0.5, 0.6) is 0 Å². The van der Waals surface area contributed by atoms with Crippen LogP contribution in [0.2, 0.25) is 0 Å². The fourth-order valence-electron chi connectivity index (χ4n) is 0.134. The van der Waals surface area contributed by atoms with E-state index in [0.717, 1.165) is 12.8 Å². The van der Waals surface area contributed by atoms with Crippen LogP contribution in [0.1, 0.15) is 48.5 Å². The highest BCUT2D eigenvalue weighted by Gasteiger charge is 1.71.